The highest BCUT2D eigenvalue weighted by molar-refractivity contribution is 8.00. The number of hydrogen-bond donors (Lipinski definition) is 0. The molecule has 0 amide bonds. The van der Waals surface area contributed by atoms with Crippen LogP contribution in [0.3, 0.4) is 0 Å². The molecule has 0 atom stereocenters. The molecule has 2 aromatic heterocycles. The number of aromatic nitrogens is 5. The van der Waals surface area contributed by atoms with E-state index in [1.54, 1.807) is 6.07 Å². The van der Waals surface area contributed by atoms with E-state index in [1.807, 2.05) is 6.07 Å². The average molecular weight is 178 g/mol. The summed E-state index contributed by atoms with van der Waals surface area (Å²) in [6.45, 7) is 3.46. The second-order valence-corrected chi connectivity index (χ2v) is 2.86. The van der Waals surface area contributed by atoms with Gasteiger partial charge in [-0.05, 0) is 22.6 Å². The molecule has 12 heavy (non-hydrogen) atoms. The summed E-state index contributed by atoms with van der Waals surface area (Å²) in [7, 11) is 0. The van der Waals surface area contributed by atoms with Crippen molar-refractivity contribution in [2.24, 2.45) is 0 Å². The maximum Gasteiger partial charge on any atom is 0.200 e. The molecule has 2 aromatic rings. The summed E-state index contributed by atoms with van der Waals surface area (Å²) in [6, 6.07) is 3.60. The standard InChI is InChI=1S/C6H4N5S/c1-2-12-6-4-3-5-7-9-10-11(5)8-6/h3-4H,1H2. The Morgan fingerprint density at radius 3 is 3.25 bits per heavy atom. The van der Waals surface area contributed by atoms with Crippen LogP contribution in [-0.4, -0.2) is 25.3 Å². The molecule has 1 radical (unpaired) electrons. The van der Waals surface area contributed by atoms with Crippen molar-refractivity contribution in [1.29, 1.82) is 0 Å². The van der Waals surface area contributed by atoms with Crippen molar-refractivity contribution < 1.29 is 0 Å². The van der Waals surface area contributed by atoms with Gasteiger partial charge in [-0.2, -0.15) is 0 Å². The Morgan fingerprint density at radius 1 is 1.50 bits per heavy atom. The third-order valence-electron chi connectivity index (χ3n) is 1.22. The van der Waals surface area contributed by atoms with Crippen LogP contribution in [0.25, 0.3) is 5.65 Å². The van der Waals surface area contributed by atoms with E-state index < -0.39 is 0 Å². The zero-order valence-corrected chi connectivity index (χ0v) is 6.82. The minimum Gasteiger partial charge on any atom is -0.140 e. The van der Waals surface area contributed by atoms with Crippen molar-refractivity contribution in [3.63, 3.8) is 0 Å². The van der Waals surface area contributed by atoms with Crippen LogP contribution >= 0.6 is 11.8 Å². The van der Waals surface area contributed by atoms with Crippen molar-refractivity contribution in [2.75, 3.05) is 0 Å². The van der Waals surface area contributed by atoms with Crippen molar-refractivity contribution in [3.8, 4) is 0 Å². The summed E-state index contributed by atoms with van der Waals surface area (Å²) in [6.07, 6.45) is 0. The summed E-state index contributed by atoms with van der Waals surface area (Å²) in [4.78, 5) is 0. The molecule has 2 heterocycles. The number of nitrogens with zero attached hydrogens (tertiary/aromatic N) is 5. The first-order valence-corrected chi connectivity index (χ1v) is 3.96. The molecular weight excluding hydrogens is 174 g/mol. The smallest absolute Gasteiger partial charge is 0.140 e. The fourth-order valence-electron chi connectivity index (χ4n) is 0.762. The maximum atomic E-state index is 4.07. The monoisotopic (exact) mass is 178 g/mol. The van der Waals surface area contributed by atoms with Crippen molar-refractivity contribution in [2.45, 2.75) is 5.03 Å². The number of thioether (sulfide) groups is 1. The first-order chi connectivity index (χ1) is 5.90. The van der Waals surface area contributed by atoms with Gasteiger partial charge in [0.2, 0.25) is 0 Å². The maximum absolute atomic E-state index is 4.07. The highest BCUT2D eigenvalue weighted by atomic mass is 32.2. The SMILES string of the molecule is C=[C]Sc1ccc2nnnn2n1. The second-order valence-electron chi connectivity index (χ2n) is 1.94. The van der Waals surface area contributed by atoms with Gasteiger partial charge in [-0.1, -0.05) is 18.3 Å². The molecule has 0 N–H and O–H groups in total. The lowest BCUT2D eigenvalue weighted by Crippen LogP contribution is -1.94. The van der Waals surface area contributed by atoms with Gasteiger partial charge in [0.1, 0.15) is 5.03 Å². The Labute approximate surface area is 72.5 Å². The summed E-state index contributed by atoms with van der Waals surface area (Å²) in [5.74, 6) is 0. The van der Waals surface area contributed by atoms with Crippen molar-refractivity contribution in [1.82, 2.24) is 25.3 Å². The lowest BCUT2D eigenvalue weighted by atomic mass is 10.6. The summed E-state index contributed by atoms with van der Waals surface area (Å²) in [5.41, 5.74) is 0.628. The fourth-order valence-corrected chi connectivity index (χ4v) is 1.16. The van der Waals surface area contributed by atoms with Gasteiger partial charge in [0, 0.05) is 5.41 Å². The Bertz CT molecular complexity index is 409. The molecule has 2 rings (SSSR count). The van der Waals surface area contributed by atoms with Crippen LogP contribution in [0.1, 0.15) is 0 Å². The molecule has 0 saturated heterocycles. The highest BCUT2D eigenvalue weighted by Crippen LogP contribution is 2.13. The molecule has 59 valence electrons. The summed E-state index contributed by atoms with van der Waals surface area (Å²) in [5, 5.41) is 18.3. The van der Waals surface area contributed by atoms with Crippen LogP contribution in [0.2, 0.25) is 0 Å². The van der Waals surface area contributed by atoms with E-state index in [4.69, 9.17) is 0 Å². The molecule has 5 nitrogen and oxygen atoms in total. The normalized spacial score (nSPS) is 10.3. The van der Waals surface area contributed by atoms with E-state index in [0.29, 0.717) is 5.65 Å². The molecule has 0 aliphatic heterocycles. The van der Waals surface area contributed by atoms with E-state index >= 15 is 0 Å². The molecule has 0 spiro atoms. The van der Waals surface area contributed by atoms with Gasteiger partial charge in [0.15, 0.2) is 5.65 Å². The largest absolute Gasteiger partial charge is 0.200 e. The van der Waals surface area contributed by atoms with Crippen LogP contribution < -0.4 is 0 Å². The Balaban J connectivity index is 2.52. The number of hydrogen-bond acceptors (Lipinski definition) is 5. The van der Waals surface area contributed by atoms with E-state index in [0.717, 1.165) is 5.03 Å². The molecule has 0 unspecified atom stereocenters. The molecule has 0 bridgehead atoms. The Kier molecular flexibility index (Phi) is 1.75. The third kappa shape index (κ3) is 1.16. The van der Waals surface area contributed by atoms with Crippen LogP contribution in [-0.2, 0) is 0 Å². The molecule has 0 aliphatic rings. The minimum atomic E-state index is 0.628. The van der Waals surface area contributed by atoms with Gasteiger partial charge in [-0.15, -0.1) is 14.8 Å². The second kappa shape index (κ2) is 2.90. The van der Waals surface area contributed by atoms with Gasteiger partial charge in [-0.25, -0.2) is 0 Å². The lowest BCUT2D eigenvalue weighted by Gasteiger charge is -1.92. The molecule has 6 heteroatoms. The zero-order chi connectivity index (χ0) is 8.39. The highest BCUT2D eigenvalue weighted by Gasteiger charge is 1.98. The first kappa shape index (κ1) is 7.23. The Morgan fingerprint density at radius 2 is 2.42 bits per heavy atom. The fraction of sp³-hybridized carbons (Fsp3) is 0. The van der Waals surface area contributed by atoms with E-state index in [9.17, 15) is 0 Å². The third-order valence-corrected chi connectivity index (χ3v) is 1.79. The molecule has 0 aliphatic carbocycles. The van der Waals surface area contributed by atoms with Gasteiger partial charge >= 0.3 is 0 Å². The quantitative estimate of drug-likeness (QED) is 0.629. The van der Waals surface area contributed by atoms with Crippen molar-refractivity contribution >= 4 is 17.4 Å². The first-order valence-electron chi connectivity index (χ1n) is 3.14. The van der Waals surface area contributed by atoms with Gasteiger partial charge in [0.05, 0.1) is 0 Å². The number of fused-ring (bicyclic) bond motifs is 1. The van der Waals surface area contributed by atoms with Crippen LogP contribution in [0, 0.1) is 5.41 Å². The van der Waals surface area contributed by atoms with E-state index in [-0.39, 0.29) is 0 Å². The van der Waals surface area contributed by atoms with E-state index in [1.165, 1.54) is 16.4 Å². The minimum absolute atomic E-state index is 0.628. The van der Waals surface area contributed by atoms with Crippen LogP contribution in [0.15, 0.2) is 23.7 Å². The zero-order valence-electron chi connectivity index (χ0n) is 6.01. The lowest BCUT2D eigenvalue weighted by molar-refractivity contribution is 0.703. The molecule has 0 fully saturated rings. The topological polar surface area (TPSA) is 56.0 Å². The average Bonchev–Trinajstić information content (AvgIpc) is 2.51. The summed E-state index contributed by atoms with van der Waals surface area (Å²) < 4.78 is 1.36. The van der Waals surface area contributed by atoms with Gasteiger partial charge in [0.25, 0.3) is 0 Å². The predicted octanol–water partition coefficient (Wildman–Crippen LogP) is 0.558. The number of tetrazole rings is 1. The van der Waals surface area contributed by atoms with Crippen LogP contribution in [0.5, 0.6) is 0 Å². The van der Waals surface area contributed by atoms with Crippen LogP contribution in [0.4, 0.5) is 0 Å². The Hall–Kier alpha value is -1.43. The van der Waals surface area contributed by atoms with Gasteiger partial charge < -0.3 is 0 Å². The molecular formula is C6H4N5S. The summed E-state index contributed by atoms with van der Waals surface area (Å²) >= 11 is 1.30. The van der Waals surface area contributed by atoms with Crippen molar-refractivity contribution in [3.05, 3.63) is 24.1 Å². The number of rotatable bonds is 2. The molecule has 0 aromatic carbocycles. The van der Waals surface area contributed by atoms with E-state index in [2.05, 4.69) is 32.6 Å². The van der Waals surface area contributed by atoms with Gasteiger partial charge in [-0.3, -0.25) is 0 Å². The molecule has 0 saturated carbocycles. The predicted molar refractivity (Wildman–Crippen MR) is 43.3 cm³/mol.